The van der Waals surface area contributed by atoms with E-state index in [1.54, 1.807) is 42.6 Å². The van der Waals surface area contributed by atoms with Crippen molar-refractivity contribution >= 4 is 23.6 Å². The number of fused-ring (bicyclic) bond motifs is 1. The maximum absolute atomic E-state index is 13.4. The highest BCUT2D eigenvalue weighted by Crippen LogP contribution is 2.23. The lowest BCUT2D eigenvalue weighted by molar-refractivity contribution is -0.131. The fraction of sp³-hybridized carbons (Fsp3) is 0.345. The second-order valence-corrected chi connectivity index (χ2v) is 10.4. The van der Waals surface area contributed by atoms with Gasteiger partial charge in [0.15, 0.2) is 0 Å². The first-order chi connectivity index (χ1) is 19.6. The molecular formula is C29H33FN6O5. The lowest BCUT2D eigenvalue weighted by Gasteiger charge is -2.27. The number of nitrogens with one attached hydrogen (secondary N) is 5. The Balaban J connectivity index is 1.56. The number of para-hydroxylation sites is 1. The first-order valence-corrected chi connectivity index (χ1v) is 13.2. The number of imidazole rings is 1. The van der Waals surface area contributed by atoms with Gasteiger partial charge in [-0.05, 0) is 29.8 Å². The molecule has 0 bridgehead atoms. The minimum atomic E-state index is -1.27. The smallest absolute Gasteiger partial charge is 0.255 e. The molecule has 4 rings (SSSR count). The van der Waals surface area contributed by atoms with E-state index in [4.69, 9.17) is 4.74 Å². The minimum Gasteiger partial charge on any atom is -0.491 e. The van der Waals surface area contributed by atoms with E-state index in [9.17, 15) is 23.6 Å². The van der Waals surface area contributed by atoms with Crippen LogP contribution < -0.4 is 26.0 Å². The van der Waals surface area contributed by atoms with E-state index >= 15 is 0 Å². The van der Waals surface area contributed by atoms with Gasteiger partial charge in [-0.25, -0.2) is 9.37 Å². The number of carbonyl (C=O) groups is 4. The summed E-state index contributed by atoms with van der Waals surface area (Å²) in [6, 6.07) is 10.2. The van der Waals surface area contributed by atoms with Crippen LogP contribution in [0.2, 0.25) is 0 Å². The standard InChI is InChI=1S/C29H33FN6O5/c1-29(2,18-7-9-19(30)10-8-18)16-33-28(40)23-14-25(37)35-22(13-20-15-31-17-34-20)27(39)32-11-12-41-24-6-4-3-5-21(24)26(38)36-23/h3-10,15,17,22-23H,11-14,16H2,1-2H3,(H,31,34)(H,32,39)(H,33,40)(H,35,37)(H,36,38)/t22-,23-/m0/s1. The van der Waals surface area contributed by atoms with E-state index in [-0.39, 0.29) is 43.2 Å². The third-order valence-corrected chi connectivity index (χ3v) is 6.76. The third-order valence-electron chi connectivity index (χ3n) is 6.76. The van der Waals surface area contributed by atoms with Crippen molar-refractivity contribution in [3.63, 3.8) is 0 Å². The van der Waals surface area contributed by atoms with Crippen LogP contribution >= 0.6 is 0 Å². The van der Waals surface area contributed by atoms with Crippen molar-refractivity contribution in [1.82, 2.24) is 31.2 Å². The Kier molecular flexibility index (Phi) is 9.33. The Morgan fingerprint density at radius 2 is 1.85 bits per heavy atom. The number of rotatable bonds is 6. The van der Waals surface area contributed by atoms with Gasteiger partial charge in [-0.1, -0.05) is 38.1 Å². The molecule has 3 aromatic rings. The highest BCUT2D eigenvalue weighted by molar-refractivity contribution is 6.01. The molecule has 2 atom stereocenters. The van der Waals surface area contributed by atoms with Gasteiger partial charge in [0.05, 0.1) is 24.9 Å². The molecule has 0 fully saturated rings. The van der Waals surface area contributed by atoms with Gasteiger partial charge in [0.1, 0.15) is 30.3 Å². The summed E-state index contributed by atoms with van der Waals surface area (Å²) in [5, 5.41) is 10.9. The summed E-state index contributed by atoms with van der Waals surface area (Å²) >= 11 is 0. The average molecular weight is 565 g/mol. The predicted octanol–water partition coefficient (Wildman–Crippen LogP) is 1.37. The molecular weight excluding hydrogens is 531 g/mol. The average Bonchev–Trinajstić information content (AvgIpc) is 3.46. The summed E-state index contributed by atoms with van der Waals surface area (Å²) in [5.74, 6) is -2.33. The zero-order valence-electron chi connectivity index (χ0n) is 22.8. The molecule has 1 aromatic heterocycles. The second kappa shape index (κ2) is 13.1. The van der Waals surface area contributed by atoms with Crippen LogP contribution in [0.15, 0.2) is 61.1 Å². The maximum Gasteiger partial charge on any atom is 0.255 e. The number of H-pyrrole nitrogens is 1. The molecule has 2 aromatic carbocycles. The van der Waals surface area contributed by atoms with Crippen LogP contribution in [0.3, 0.4) is 0 Å². The van der Waals surface area contributed by atoms with Gasteiger partial charge in [0.2, 0.25) is 17.7 Å². The van der Waals surface area contributed by atoms with Gasteiger partial charge in [-0.15, -0.1) is 0 Å². The molecule has 11 nitrogen and oxygen atoms in total. The van der Waals surface area contributed by atoms with Gasteiger partial charge in [-0.3, -0.25) is 19.2 Å². The van der Waals surface area contributed by atoms with Crippen molar-refractivity contribution in [2.24, 2.45) is 0 Å². The Morgan fingerprint density at radius 3 is 2.59 bits per heavy atom. The number of ether oxygens (including phenoxy) is 1. The maximum atomic E-state index is 13.4. The number of aromatic nitrogens is 2. The zero-order chi connectivity index (χ0) is 29.4. The topological polar surface area (TPSA) is 154 Å². The number of nitrogens with zero attached hydrogens (tertiary/aromatic N) is 1. The predicted molar refractivity (Wildman–Crippen MR) is 147 cm³/mol. The monoisotopic (exact) mass is 564 g/mol. The van der Waals surface area contributed by atoms with Crippen LogP contribution in [0, 0.1) is 5.82 Å². The first kappa shape index (κ1) is 29.2. The summed E-state index contributed by atoms with van der Waals surface area (Å²) < 4.78 is 19.2. The first-order valence-electron chi connectivity index (χ1n) is 13.2. The summed E-state index contributed by atoms with van der Waals surface area (Å²) in [5.41, 5.74) is 1.02. The summed E-state index contributed by atoms with van der Waals surface area (Å²) in [6.45, 7) is 4.12. The number of aromatic amines is 1. The van der Waals surface area contributed by atoms with Gasteiger partial charge < -0.3 is 31.0 Å². The van der Waals surface area contributed by atoms with E-state index in [2.05, 4.69) is 31.2 Å². The van der Waals surface area contributed by atoms with Crippen molar-refractivity contribution < 1.29 is 28.3 Å². The van der Waals surface area contributed by atoms with E-state index in [0.717, 1.165) is 5.56 Å². The van der Waals surface area contributed by atoms with Gasteiger partial charge in [0.25, 0.3) is 5.91 Å². The van der Waals surface area contributed by atoms with Crippen LogP contribution in [0.4, 0.5) is 4.39 Å². The number of benzene rings is 2. The number of amides is 4. The largest absolute Gasteiger partial charge is 0.491 e. The van der Waals surface area contributed by atoms with Crippen LogP contribution in [-0.4, -0.2) is 65.4 Å². The minimum absolute atomic E-state index is 0.0726. The summed E-state index contributed by atoms with van der Waals surface area (Å²) in [6.07, 6.45) is 2.72. The number of carbonyl (C=O) groups excluding carboxylic acids is 4. The Hall–Kier alpha value is -4.74. The van der Waals surface area contributed by atoms with E-state index in [1.165, 1.54) is 18.5 Å². The quantitative estimate of drug-likeness (QED) is 0.305. The molecule has 0 saturated carbocycles. The van der Waals surface area contributed by atoms with Crippen molar-refractivity contribution in [3.05, 3.63) is 83.7 Å². The van der Waals surface area contributed by atoms with Gasteiger partial charge in [-0.2, -0.15) is 0 Å². The fourth-order valence-electron chi connectivity index (χ4n) is 4.38. The van der Waals surface area contributed by atoms with Crippen LogP contribution in [-0.2, 0) is 26.2 Å². The van der Waals surface area contributed by atoms with E-state index < -0.39 is 47.5 Å². The molecule has 12 heteroatoms. The molecule has 1 aliphatic rings. The Bertz CT molecular complexity index is 1380. The number of halogens is 1. The lowest BCUT2D eigenvalue weighted by atomic mass is 9.84. The molecule has 41 heavy (non-hydrogen) atoms. The Labute approximate surface area is 236 Å². The molecule has 216 valence electrons. The molecule has 4 amide bonds. The molecule has 5 N–H and O–H groups in total. The highest BCUT2D eigenvalue weighted by atomic mass is 19.1. The zero-order valence-corrected chi connectivity index (χ0v) is 22.8. The fourth-order valence-corrected chi connectivity index (χ4v) is 4.38. The molecule has 0 radical (unpaired) electrons. The van der Waals surface area contributed by atoms with Crippen molar-refractivity contribution in [3.8, 4) is 5.75 Å². The molecule has 1 aliphatic heterocycles. The SMILES string of the molecule is CC(C)(CNC(=O)[C@@H]1CC(=O)N[C@@H](Cc2cnc[nH]2)C(=O)NCCOc2ccccc2C(=O)N1)c1ccc(F)cc1. The van der Waals surface area contributed by atoms with Crippen LogP contribution in [0.25, 0.3) is 0 Å². The van der Waals surface area contributed by atoms with Gasteiger partial charge >= 0.3 is 0 Å². The van der Waals surface area contributed by atoms with E-state index in [0.29, 0.717) is 5.69 Å². The second-order valence-electron chi connectivity index (χ2n) is 10.4. The van der Waals surface area contributed by atoms with Crippen LogP contribution in [0.1, 0.15) is 41.9 Å². The molecule has 0 spiro atoms. The number of hydrogen-bond donors (Lipinski definition) is 5. The van der Waals surface area contributed by atoms with Crippen molar-refractivity contribution in [2.45, 2.75) is 44.2 Å². The van der Waals surface area contributed by atoms with Crippen LogP contribution in [0.5, 0.6) is 5.75 Å². The highest BCUT2D eigenvalue weighted by Gasteiger charge is 2.30. The normalized spacial score (nSPS) is 18.6. The van der Waals surface area contributed by atoms with Gasteiger partial charge in [0, 0.05) is 30.3 Å². The third kappa shape index (κ3) is 7.90. The molecule has 2 heterocycles. The van der Waals surface area contributed by atoms with E-state index in [1.807, 2.05) is 13.8 Å². The summed E-state index contributed by atoms with van der Waals surface area (Å²) in [7, 11) is 0. The number of hydrogen-bond acceptors (Lipinski definition) is 6. The molecule has 0 saturated heterocycles. The molecule has 0 unspecified atom stereocenters. The van der Waals surface area contributed by atoms with Crippen molar-refractivity contribution in [1.29, 1.82) is 0 Å². The lowest BCUT2D eigenvalue weighted by Crippen LogP contribution is -2.54. The molecule has 0 aliphatic carbocycles. The summed E-state index contributed by atoms with van der Waals surface area (Å²) in [4.78, 5) is 59.6. The van der Waals surface area contributed by atoms with Crippen molar-refractivity contribution in [2.75, 3.05) is 19.7 Å². The Morgan fingerprint density at radius 1 is 1.10 bits per heavy atom.